The highest BCUT2D eigenvalue weighted by atomic mass is 16.6. The predicted octanol–water partition coefficient (Wildman–Crippen LogP) is -1.64. The Morgan fingerprint density at radius 3 is 1.96 bits per heavy atom. The van der Waals surface area contributed by atoms with Crippen LogP contribution in [0.25, 0.3) is 0 Å². The number of esters is 2. The van der Waals surface area contributed by atoms with Crippen LogP contribution in [0.15, 0.2) is 12.7 Å². The molecule has 23 heavy (non-hydrogen) atoms. The van der Waals surface area contributed by atoms with E-state index in [9.17, 15) is 24.0 Å². The molecule has 0 aliphatic carbocycles. The Balaban J connectivity index is 3.67. The van der Waals surface area contributed by atoms with Gasteiger partial charge in [0.15, 0.2) is 0 Å². The number of hydrogen-bond acceptors (Lipinski definition) is 7. The summed E-state index contributed by atoms with van der Waals surface area (Å²) in [5.74, 6) is -4.00. The van der Waals surface area contributed by atoms with Crippen LogP contribution in [0, 0.1) is 0 Å². The highest BCUT2D eigenvalue weighted by Crippen LogP contribution is 1.88. The largest absolute Gasteiger partial charge is 0.481 e. The van der Waals surface area contributed by atoms with Crippen LogP contribution in [0.5, 0.6) is 0 Å². The number of amides is 2. The number of rotatable bonds is 11. The predicted molar refractivity (Wildman–Crippen MR) is 75.0 cm³/mol. The van der Waals surface area contributed by atoms with E-state index in [0.717, 1.165) is 6.08 Å². The van der Waals surface area contributed by atoms with Gasteiger partial charge in [-0.25, -0.2) is 4.79 Å². The molecule has 0 aliphatic heterocycles. The quantitative estimate of drug-likeness (QED) is 0.177. The highest BCUT2D eigenvalue weighted by Gasteiger charge is 2.11. The molecule has 0 atom stereocenters. The molecule has 0 aromatic heterocycles. The van der Waals surface area contributed by atoms with Crippen LogP contribution >= 0.6 is 0 Å². The third-order valence-electron chi connectivity index (χ3n) is 2.14. The van der Waals surface area contributed by atoms with Gasteiger partial charge in [0.05, 0.1) is 0 Å². The second kappa shape index (κ2) is 11.7. The minimum Gasteiger partial charge on any atom is -0.481 e. The van der Waals surface area contributed by atoms with Gasteiger partial charge in [0, 0.05) is 19.2 Å². The molecule has 0 rings (SSSR count). The van der Waals surface area contributed by atoms with E-state index in [0.29, 0.717) is 0 Å². The molecule has 0 radical (unpaired) electrons. The molecular weight excluding hydrogens is 312 g/mol. The molecule has 0 heterocycles. The van der Waals surface area contributed by atoms with Crippen LogP contribution in [-0.4, -0.2) is 61.1 Å². The SMILES string of the molecule is C=CC(=O)OCCOC(=O)CC(=O)NCCNC(=O)CC(=O)O. The second-order valence-electron chi connectivity index (χ2n) is 4.04. The molecule has 10 nitrogen and oxygen atoms in total. The lowest BCUT2D eigenvalue weighted by molar-refractivity contribution is -0.151. The average Bonchev–Trinajstić information content (AvgIpc) is 2.47. The topological polar surface area (TPSA) is 148 Å². The van der Waals surface area contributed by atoms with Crippen molar-refractivity contribution in [1.82, 2.24) is 10.6 Å². The number of nitrogens with one attached hydrogen (secondary N) is 2. The van der Waals surface area contributed by atoms with Crippen LogP contribution in [-0.2, 0) is 33.4 Å². The Morgan fingerprint density at radius 2 is 1.43 bits per heavy atom. The Morgan fingerprint density at radius 1 is 0.913 bits per heavy atom. The number of carboxylic acid groups (broad SMARTS) is 1. The normalized spacial score (nSPS) is 9.39. The summed E-state index contributed by atoms with van der Waals surface area (Å²) >= 11 is 0. The summed E-state index contributed by atoms with van der Waals surface area (Å²) in [6.07, 6.45) is -0.223. The maximum atomic E-state index is 11.3. The number of carbonyl (C=O) groups is 5. The van der Waals surface area contributed by atoms with E-state index < -0.39 is 42.6 Å². The molecule has 2 amide bonds. The molecule has 0 spiro atoms. The van der Waals surface area contributed by atoms with Crippen molar-refractivity contribution in [2.24, 2.45) is 0 Å². The van der Waals surface area contributed by atoms with Crippen molar-refractivity contribution in [3.8, 4) is 0 Å². The van der Waals surface area contributed by atoms with Gasteiger partial charge in [-0.2, -0.15) is 0 Å². The van der Waals surface area contributed by atoms with E-state index in [2.05, 4.69) is 26.7 Å². The van der Waals surface area contributed by atoms with Crippen molar-refractivity contribution in [2.75, 3.05) is 26.3 Å². The van der Waals surface area contributed by atoms with Gasteiger partial charge < -0.3 is 25.2 Å². The van der Waals surface area contributed by atoms with Crippen molar-refractivity contribution < 1.29 is 38.6 Å². The van der Waals surface area contributed by atoms with Crippen molar-refractivity contribution >= 4 is 29.7 Å². The lowest BCUT2D eigenvalue weighted by Crippen LogP contribution is -2.36. The van der Waals surface area contributed by atoms with E-state index in [1.165, 1.54) is 0 Å². The Hall–Kier alpha value is -2.91. The first-order valence-electron chi connectivity index (χ1n) is 6.55. The monoisotopic (exact) mass is 330 g/mol. The Labute approximate surface area is 131 Å². The standard InChI is InChI=1S/C13H18N2O8/c1-2-12(20)22-5-6-23-13(21)8-10(17)15-4-3-14-9(16)7-11(18)19/h2H,1,3-8H2,(H,14,16)(H,15,17)(H,18,19). The number of carboxylic acids is 1. The van der Waals surface area contributed by atoms with Crippen LogP contribution < -0.4 is 10.6 Å². The molecule has 0 unspecified atom stereocenters. The fourth-order valence-corrected chi connectivity index (χ4v) is 1.21. The van der Waals surface area contributed by atoms with Crippen molar-refractivity contribution in [3.05, 3.63) is 12.7 Å². The first-order chi connectivity index (χ1) is 10.8. The van der Waals surface area contributed by atoms with Gasteiger partial charge in [-0.15, -0.1) is 0 Å². The van der Waals surface area contributed by atoms with Crippen molar-refractivity contribution in [1.29, 1.82) is 0 Å². The van der Waals surface area contributed by atoms with Gasteiger partial charge in [-0.05, 0) is 0 Å². The first kappa shape index (κ1) is 20.1. The summed E-state index contributed by atoms with van der Waals surface area (Å²) in [7, 11) is 0. The molecule has 0 aliphatic rings. The minimum atomic E-state index is -1.26. The molecule has 0 aromatic carbocycles. The number of ether oxygens (including phenoxy) is 2. The molecule has 0 fully saturated rings. The molecule has 0 saturated heterocycles. The van der Waals surface area contributed by atoms with Crippen LogP contribution in [0.2, 0.25) is 0 Å². The lowest BCUT2D eigenvalue weighted by atomic mass is 10.4. The third kappa shape index (κ3) is 12.5. The lowest BCUT2D eigenvalue weighted by Gasteiger charge is -2.07. The van der Waals surface area contributed by atoms with Crippen LogP contribution in [0.4, 0.5) is 0 Å². The van der Waals surface area contributed by atoms with Crippen molar-refractivity contribution in [2.45, 2.75) is 12.8 Å². The molecule has 0 aromatic rings. The van der Waals surface area contributed by atoms with Gasteiger partial charge in [0.25, 0.3) is 0 Å². The van der Waals surface area contributed by atoms with E-state index in [1.807, 2.05) is 0 Å². The van der Waals surface area contributed by atoms with Gasteiger partial charge >= 0.3 is 17.9 Å². The van der Waals surface area contributed by atoms with Crippen LogP contribution in [0.3, 0.4) is 0 Å². The minimum absolute atomic E-state index is 0.0321. The van der Waals surface area contributed by atoms with E-state index in [-0.39, 0.29) is 26.3 Å². The van der Waals surface area contributed by atoms with E-state index in [1.54, 1.807) is 0 Å². The molecule has 128 valence electrons. The Kier molecular flexibility index (Phi) is 10.2. The summed E-state index contributed by atoms with van der Waals surface area (Å²) in [5, 5.41) is 13.0. The van der Waals surface area contributed by atoms with Gasteiger partial charge in [0.1, 0.15) is 26.1 Å². The number of carbonyl (C=O) groups excluding carboxylic acids is 4. The zero-order valence-corrected chi connectivity index (χ0v) is 12.3. The third-order valence-corrected chi connectivity index (χ3v) is 2.14. The summed E-state index contributed by atoms with van der Waals surface area (Å²) in [6, 6.07) is 0. The van der Waals surface area contributed by atoms with Crippen LogP contribution in [0.1, 0.15) is 12.8 Å². The summed E-state index contributed by atoms with van der Waals surface area (Å²) < 4.78 is 9.21. The van der Waals surface area contributed by atoms with Crippen molar-refractivity contribution in [3.63, 3.8) is 0 Å². The summed E-state index contributed by atoms with van der Waals surface area (Å²) in [5.41, 5.74) is 0. The first-order valence-corrected chi connectivity index (χ1v) is 6.55. The molecule has 3 N–H and O–H groups in total. The van der Waals surface area contributed by atoms with Gasteiger partial charge in [0.2, 0.25) is 11.8 Å². The number of hydrogen-bond donors (Lipinski definition) is 3. The fourth-order valence-electron chi connectivity index (χ4n) is 1.21. The fraction of sp³-hybridized carbons (Fsp3) is 0.462. The molecule has 10 heteroatoms. The molecule has 0 bridgehead atoms. The highest BCUT2D eigenvalue weighted by molar-refractivity contribution is 5.94. The molecular formula is C13H18N2O8. The maximum absolute atomic E-state index is 11.3. The summed E-state index contributed by atoms with van der Waals surface area (Å²) in [4.78, 5) is 54.5. The molecule has 0 saturated carbocycles. The van der Waals surface area contributed by atoms with Gasteiger partial charge in [-0.1, -0.05) is 6.58 Å². The zero-order chi connectivity index (χ0) is 17.7. The second-order valence-corrected chi connectivity index (χ2v) is 4.04. The smallest absolute Gasteiger partial charge is 0.330 e. The number of aliphatic carboxylic acids is 1. The van der Waals surface area contributed by atoms with E-state index >= 15 is 0 Å². The van der Waals surface area contributed by atoms with Gasteiger partial charge in [-0.3, -0.25) is 19.2 Å². The zero-order valence-electron chi connectivity index (χ0n) is 12.3. The van der Waals surface area contributed by atoms with E-state index in [4.69, 9.17) is 5.11 Å². The Bertz CT molecular complexity index is 475. The maximum Gasteiger partial charge on any atom is 0.330 e. The summed E-state index contributed by atoms with van der Waals surface area (Å²) in [6.45, 7) is 2.92. The average molecular weight is 330 g/mol.